The fourth-order valence-electron chi connectivity index (χ4n) is 1.19. The van der Waals surface area contributed by atoms with E-state index >= 15 is 0 Å². The van der Waals surface area contributed by atoms with Crippen LogP contribution in [0.25, 0.3) is 0 Å². The minimum atomic E-state index is -3.26. The lowest BCUT2D eigenvalue weighted by Gasteiger charge is -1.97. The van der Waals surface area contributed by atoms with E-state index in [1.807, 2.05) is 0 Å². The zero-order chi connectivity index (χ0) is 12.3. The summed E-state index contributed by atoms with van der Waals surface area (Å²) in [6.07, 6.45) is 1.06. The monoisotopic (exact) mass is 246 g/mol. The van der Waals surface area contributed by atoms with Gasteiger partial charge in [-0.15, -0.1) is 0 Å². The molecule has 0 bridgehead atoms. The van der Waals surface area contributed by atoms with Crippen molar-refractivity contribution in [2.45, 2.75) is 13.5 Å². The Morgan fingerprint density at radius 1 is 1.50 bits per heavy atom. The largest absolute Gasteiger partial charge is 0.464 e. The summed E-state index contributed by atoms with van der Waals surface area (Å²) in [5.41, 5.74) is 0.410. The fourth-order valence-corrected chi connectivity index (χ4v) is 1.60. The summed E-state index contributed by atoms with van der Waals surface area (Å²) in [6, 6.07) is 1.52. The molecule has 90 valence electrons. The Balaban J connectivity index is 2.81. The van der Waals surface area contributed by atoms with E-state index in [2.05, 4.69) is 10.0 Å². The van der Waals surface area contributed by atoms with E-state index in [4.69, 9.17) is 4.42 Å². The average molecular weight is 246 g/mol. The standard InChI is InChI=1S/C9H14N2O4S/c1-6-8(9(12)10-2)4-7(15-6)5-11-16(3,13)14/h4,11H,5H2,1-3H3,(H,10,12). The second-order valence-electron chi connectivity index (χ2n) is 3.35. The highest BCUT2D eigenvalue weighted by Crippen LogP contribution is 2.14. The van der Waals surface area contributed by atoms with Gasteiger partial charge in [0.15, 0.2) is 0 Å². The molecule has 1 amide bonds. The van der Waals surface area contributed by atoms with Gasteiger partial charge < -0.3 is 9.73 Å². The first-order chi connectivity index (χ1) is 7.33. The number of amides is 1. The van der Waals surface area contributed by atoms with Crippen LogP contribution in [-0.2, 0) is 16.6 Å². The van der Waals surface area contributed by atoms with Crippen molar-refractivity contribution in [2.75, 3.05) is 13.3 Å². The number of rotatable bonds is 4. The molecule has 1 heterocycles. The normalized spacial score (nSPS) is 11.4. The molecule has 0 radical (unpaired) electrons. The highest BCUT2D eigenvalue weighted by molar-refractivity contribution is 7.88. The van der Waals surface area contributed by atoms with Crippen molar-refractivity contribution < 1.29 is 17.6 Å². The first kappa shape index (κ1) is 12.7. The number of carbonyl (C=O) groups is 1. The van der Waals surface area contributed by atoms with Crippen molar-refractivity contribution in [2.24, 2.45) is 0 Å². The molecule has 0 aliphatic rings. The van der Waals surface area contributed by atoms with Crippen LogP contribution in [0.15, 0.2) is 10.5 Å². The summed E-state index contributed by atoms with van der Waals surface area (Å²) in [6.45, 7) is 1.69. The van der Waals surface area contributed by atoms with Crippen molar-refractivity contribution in [3.8, 4) is 0 Å². The number of aryl methyl sites for hydroxylation is 1. The highest BCUT2D eigenvalue weighted by atomic mass is 32.2. The van der Waals surface area contributed by atoms with E-state index in [-0.39, 0.29) is 12.5 Å². The number of nitrogens with one attached hydrogen (secondary N) is 2. The van der Waals surface area contributed by atoms with Crippen LogP contribution in [0.3, 0.4) is 0 Å². The number of sulfonamides is 1. The highest BCUT2D eigenvalue weighted by Gasteiger charge is 2.14. The Morgan fingerprint density at radius 2 is 2.12 bits per heavy atom. The summed E-state index contributed by atoms with van der Waals surface area (Å²) in [5.74, 6) is 0.609. The van der Waals surface area contributed by atoms with Crippen LogP contribution < -0.4 is 10.0 Å². The predicted molar refractivity (Wildman–Crippen MR) is 58.5 cm³/mol. The van der Waals surface area contributed by atoms with Crippen LogP contribution >= 0.6 is 0 Å². The number of carbonyl (C=O) groups excluding carboxylic acids is 1. The smallest absolute Gasteiger partial charge is 0.254 e. The molecule has 0 saturated heterocycles. The van der Waals surface area contributed by atoms with Crippen LogP contribution in [-0.4, -0.2) is 27.6 Å². The number of hydrogen-bond acceptors (Lipinski definition) is 4. The molecule has 0 aliphatic carbocycles. The molecule has 16 heavy (non-hydrogen) atoms. The predicted octanol–water partition coefficient (Wildman–Crippen LogP) is -0.00318. The van der Waals surface area contributed by atoms with Gasteiger partial charge in [-0.3, -0.25) is 4.79 Å². The molecule has 2 N–H and O–H groups in total. The second kappa shape index (κ2) is 4.67. The Labute approximate surface area is 94.1 Å². The lowest BCUT2D eigenvalue weighted by atomic mass is 10.2. The number of hydrogen-bond donors (Lipinski definition) is 2. The van der Waals surface area contributed by atoms with Crippen LogP contribution in [0, 0.1) is 6.92 Å². The zero-order valence-electron chi connectivity index (χ0n) is 9.33. The SMILES string of the molecule is CNC(=O)c1cc(CNS(C)(=O)=O)oc1C. The molecule has 0 saturated carbocycles. The van der Waals surface area contributed by atoms with E-state index in [0.29, 0.717) is 17.1 Å². The van der Waals surface area contributed by atoms with Gasteiger partial charge in [0.05, 0.1) is 18.4 Å². The molecule has 1 aromatic heterocycles. The summed E-state index contributed by atoms with van der Waals surface area (Å²) in [5, 5.41) is 2.47. The van der Waals surface area contributed by atoms with E-state index in [1.165, 1.54) is 13.1 Å². The fraction of sp³-hybridized carbons (Fsp3) is 0.444. The average Bonchev–Trinajstić information content (AvgIpc) is 2.55. The third kappa shape index (κ3) is 3.35. The van der Waals surface area contributed by atoms with Crippen molar-refractivity contribution in [1.29, 1.82) is 0 Å². The van der Waals surface area contributed by atoms with Gasteiger partial charge in [0.2, 0.25) is 10.0 Å². The van der Waals surface area contributed by atoms with E-state index in [1.54, 1.807) is 6.92 Å². The molecule has 1 rings (SSSR count). The van der Waals surface area contributed by atoms with Gasteiger partial charge in [-0.1, -0.05) is 0 Å². The van der Waals surface area contributed by atoms with Gasteiger partial charge in [0.25, 0.3) is 5.91 Å². The van der Waals surface area contributed by atoms with Gasteiger partial charge in [0.1, 0.15) is 11.5 Å². The minimum Gasteiger partial charge on any atom is -0.464 e. The van der Waals surface area contributed by atoms with Crippen molar-refractivity contribution in [3.05, 3.63) is 23.2 Å². The number of furan rings is 1. The lowest BCUT2D eigenvalue weighted by molar-refractivity contribution is 0.0961. The first-order valence-corrected chi connectivity index (χ1v) is 6.48. The van der Waals surface area contributed by atoms with Crippen LogP contribution in [0.5, 0.6) is 0 Å². The summed E-state index contributed by atoms with van der Waals surface area (Å²) < 4.78 is 29.2. The maximum atomic E-state index is 11.3. The molecule has 0 aromatic carbocycles. The third-order valence-corrected chi connectivity index (χ3v) is 2.62. The molecule has 0 aliphatic heterocycles. The van der Waals surface area contributed by atoms with Crippen molar-refractivity contribution in [1.82, 2.24) is 10.0 Å². The van der Waals surface area contributed by atoms with Gasteiger partial charge in [0, 0.05) is 7.05 Å². The van der Waals surface area contributed by atoms with Gasteiger partial charge in [-0.2, -0.15) is 0 Å². The van der Waals surface area contributed by atoms with Crippen LogP contribution in [0.2, 0.25) is 0 Å². The van der Waals surface area contributed by atoms with Crippen molar-refractivity contribution in [3.63, 3.8) is 0 Å². The molecule has 6 nitrogen and oxygen atoms in total. The van der Waals surface area contributed by atoms with E-state index in [0.717, 1.165) is 6.26 Å². The second-order valence-corrected chi connectivity index (χ2v) is 5.19. The summed E-state index contributed by atoms with van der Waals surface area (Å²) in [4.78, 5) is 11.3. The first-order valence-electron chi connectivity index (χ1n) is 4.59. The summed E-state index contributed by atoms with van der Waals surface area (Å²) in [7, 11) is -1.75. The quantitative estimate of drug-likeness (QED) is 0.782. The molecule has 0 unspecified atom stereocenters. The molecule has 0 fully saturated rings. The Bertz CT molecular complexity index is 490. The maximum absolute atomic E-state index is 11.3. The van der Waals surface area contributed by atoms with E-state index in [9.17, 15) is 13.2 Å². The molecule has 0 atom stereocenters. The van der Waals surface area contributed by atoms with Gasteiger partial charge in [-0.05, 0) is 13.0 Å². The zero-order valence-corrected chi connectivity index (χ0v) is 10.1. The van der Waals surface area contributed by atoms with Crippen LogP contribution in [0.1, 0.15) is 21.9 Å². The molecular weight excluding hydrogens is 232 g/mol. The van der Waals surface area contributed by atoms with Gasteiger partial charge in [-0.25, -0.2) is 13.1 Å². The van der Waals surface area contributed by atoms with E-state index < -0.39 is 10.0 Å². The Hall–Kier alpha value is -1.34. The molecule has 0 spiro atoms. The Kier molecular flexibility index (Phi) is 3.71. The van der Waals surface area contributed by atoms with Gasteiger partial charge >= 0.3 is 0 Å². The third-order valence-electron chi connectivity index (χ3n) is 1.95. The molecule has 7 heteroatoms. The minimum absolute atomic E-state index is 0.0384. The van der Waals surface area contributed by atoms with Crippen molar-refractivity contribution >= 4 is 15.9 Å². The van der Waals surface area contributed by atoms with Crippen LogP contribution in [0.4, 0.5) is 0 Å². The maximum Gasteiger partial charge on any atom is 0.254 e. The topological polar surface area (TPSA) is 88.4 Å². The lowest BCUT2D eigenvalue weighted by Crippen LogP contribution is -2.21. The Morgan fingerprint density at radius 3 is 2.62 bits per heavy atom. The molecular formula is C9H14N2O4S. The summed E-state index contributed by atoms with van der Waals surface area (Å²) >= 11 is 0. The molecule has 1 aromatic rings.